The minimum Gasteiger partial charge on any atom is -0.392 e. The molecule has 4 N–H and O–H groups in total. The van der Waals surface area contributed by atoms with Gasteiger partial charge in [0.2, 0.25) is 5.91 Å². The van der Waals surface area contributed by atoms with Crippen LogP contribution in [0.2, 0.25) is 0 Å². The van der Waals surface area contributed by atoms with Crippen LogP contribution in [0.25, 0.3) is 0 Å². The lowest BCUT2D eigenvalue weighted by molar-refractivity contribution is -0.130. The van der Waals surface area contributed by atoms with Crippen molar-refractivity contribution in [2.24, 2.45) is 11.1 Å². The van der Waals surface area contributed by atoms with Gasteiger partial charge in [0.1, 0.15) is 12.2 Å². The molecule has 98 valence electrons. The number of nitrogens with two attached hydrogens (primary N) is 1. The molecule has 0 radical (unpaired) electrons. The lowest BCUT2D eigenvalue weighted by atomic mass is 9.68. The van der Waals surface area contributed by atoms with E-state index in [1.807, 2.05) is 0 Å². The second kappa shape index (κ2) is 5.43. The van der Waals surface area contributed by atoms with Crippen molar-refractivity contribution in [3.05, 3.63) is 12.2 Å². The highest BCUT2D eigenvalue weighted by molar-refractivity contribution is 7.80. The molecular weight excluding hydrogens is 250 g/mol. The number of aryl methyl sites for hydroxylation is 1. The number of hydrogen-bond acceptors (Lipinski definition) is 4. The number of amides is 1. The zero-order valence-electron chi connectivity index (χ0n) is 10.1. The first kappa shape index (κ1) is 12.9. The molecule has 1 aliphatic carbocycles. The van der Waals surface area contributed by atoms with Crippen molar-refractivity contribution in [1.82, 2.24) is 20.5 Å². The van der Waals surface area contributed by atoms with E-state index >= 15 is 0 Å². The number of carbonyl (C=O) groups is 1. The van der Waals surface area contributed by atoms with Gasteiger partial charge >= 0.3 is 0 Å². The van der Waals surface area contributed by atoms with Crippen LogP contribution in [0.3, 0.4) is 0 Å². The molecule has 0 bridgehead atoms. The van der Waals surface area contributed by atoms with Gasteiger partial charge in [0.15, 0.2) is 0 Å². The first-order valence-electron chi connectivity index (χ1n) is 6.07. The van der Waals surface area contributed by atoms with E-state index in [0.29, 0.717) is 11.5 Å². The molecule has 1 heterocycles. The van der Waals surface area contributed by atoms with Crippen molar-refractivity contribution in [1.29, 1.82) is 0 Å². The zero-order valence-corrected chi connectivity index (χ0v) is 10.9. The molecule has 1 aromatic heterocycles. The van der Waals surface area contributed by atoms with Crippen LogP contribution in [0.4, 0.5) is 0 Å². The number of thiocarbonyl (C=S) groups is 1. The van der Waals surface area contributed by atoms with Gasteiger partial charge in [-0.15, -0.1) is 0 Å². The second-order valence-corrected chi connectivity index (χ2v) is 5.03. The van der Waals surface area contributed by atoms with Crippen LogP contribution in [-0.2, 0) is 11.2 Å². The van der Waals surface area contributed by atoms with Crippen LogP contribution in [0.15, 0.2) is 6.33 Å². The largest absolute Gasteiger partial charge is 0.392 e. The third kappa shape index (κ3) is 2.50. The van der Waals surface area contributed by atoms with Crippen LogP contribution in [0.5, 0.6) is 0 Å². The molecule has 1 aromatic rings. The molecule has 0 aliphatic heterocycles. The van der Waals surface area contributed by atoms with Gasteiger partial charge in [-0.25, -0.2) is 4.98 Å². The molecule has 0 unspecified atom stereocenters. The van der Waals surface area contributed by atoms with Gasteiger partial charge in [-0.2, -0.15) is 5.10 Å². The lowest BCUT2D eigenvalue weighted by Gasteiger charge is -2.39. The summed E-state index contributed by atoms with van der Waals surface area (Å²) in [6.45, 7) is 0.601. The molecule has 0 spiro atoms. The molecule has 1 aliphatic rings. The van der Waals surface area contributed by atoms with Crippen molar-refractivity contribution >= 4 is 23.1 Å². The normalized spacial score (nSPS) is 16.9. The highest BCUT2D eigenvalue weighted by Gasteiger charge is 2.46. The number of aromatic amines is 1. The quantitative estimate of drug-likeness (QED) is 0.509. The van der Waals surface area contributed by atoms with E-state index < -0.39 is 5.41 Å². The molecule has 0 atom stereocenters. The summed E-state index contributed by atoms with van der Waals surface area (Å²) in [5, 5.41) is 9.45. The average Bonchev–Trinajstić information content (AvgIpc) is 2.75. The molecule has 6 nitrogen and oxygen atoms in total. The number of nitrogens with one attached hydrogen (secondary N) is 2. The van der Waals surface area contributed by atoms with Gasteiger partial charge in [-0.05, 0) is 19.3 Å². The molecule has 18 heavy (non-hydrogen) atoms. The molecule has 0 aromatic carbocycles. The van der Waals surface area contributed by atoms with Crippen LogP contribution >= 0.6 is 12.2 Å². The van der Waals surface area contributed by atoms with E-state index in [9.17, 15) is 4.79 Å². The van der Waals surface area contributed by atoms with E-state index in [1.165, 1.54) is 6.33 Å². The summed E-state index contributed by atoms with van der Waals surface area (Å²) in [6, 6.07) is 0. The Bertz CT molecular complexity index is 427. The highest BCUT2D eigenvalue weighted by Crippen LogP contribution is 2.41. The maximum absolute atomic E-state index is 12.0. The molecule has 1 fully saturated rings. The van der Waals surface area contributed by atoms with Crippen LogP contribution < -0.4 is 11.1 Å². The van der Waals surface area contributed by atoms with Crippen molar-refractivity contribution in [2.75, 3.05) is 6.54 Å². The number of rotatable bonds is 6. The molecule has 1 amide bonds. The monoisotopic (exact) mass is 267 g/mol. The molecule has 1 saturated carbocycles. The zero-order chi connectivity index (χ0) is 13.0. The van der Waals surface area contributed by atoms with Crippen molar-refractivity contribution in [3.63, 3.8) is 0 Å². The Balaban J connectivity index is 1.73. The van der Waals surface area contributed by atoms with Gasteiger partial charge in [0, 0.05) is 13.0 Å². The van der Waals surface area contributed by atoms with Gasteiger partial charge in [0.25, 0.3) is 0 Å². The van der Waals surface area contributed by atoms with E-state index in [0.717, 1.165) is 37.9 Å². The predicted octanol–water partition coefficient (Wildman–Crippen LogP) is 0.310. The van der Waals surface area contributed by atoms with Crippen LogP contribution in [0.1, 0.15) is 31.5 Å². The Morgan fingerprint density at radius 2 is 2.39 bits per heavy atom. The van der Waals surface area contributed by atoms with Gasteiger partial charge in [-0.3, -0.25) is 9.89 Å². The van der Waals surface area contributed by atoms with E-state index in [4.69, 9.17) is 18.0 Å². The summed E-state index contributed by atoms with van der Waals surface area (Å²) in [5.74, 6) is 0.802. The Kier molecular flexibility index (Phi) is 3.90. The molecular formula is C11H17N5OS. The molecule has 7 heteroatoms. The van der Waals surface area contributed by atoms with E-state index in [-0.39, 0.29) is 5.91 Å². The fourth-order valence-corrected chi connectivity index (χ4v) is 2.39. The fourth-order valence-electron chi connectivity index (χ4n) is 2.09. The van der Waals surface area contributed by atoms with Crippen LogP contribution in [-0.4, -0.2) is 32.6 Å². The van der Waals surface area contributed by atoms with Crippen molar-refractivity contribution in [3.8, 4) is 0 Å². The number of aromatic nitrogens is 3. The topological polar surface area (TPSA) is 96.7 Å². The highest BCUT2D eigenvalue weighted by atomic mass is 32.1. The minimum absolute atomic E-state index is 0.0289. The van der Waals surface area contributed by atoms with Gasteiger partial charge < -0.3 is 11.1 Å². The van der Waals surface area contributed by atoms with E-state index in [1.54, 1.807) is 0 Å². The third-order valence-electron chi connectivity index (χ3n) is 3.45. The minimum atomic E-state index is -0.582. The SMILES string of the molecule is NC(=S)C1(C(=O)NCCCc2ncn[nH]2)CCC1. The smallest absolute Gasteiger partial charge is 0.233 e. The second-order valence-electron chi connectivity index (χ2n) is 4.59. The van der Waals surface area contributed by atoms with E-state index in [2.05, 4.69) is 20.5 Å². The first-order valence-corrected chi connectivity index (χ1v) is 6.48. The maximum atomic E-state index is 12.0. The maximum Gasteiger partial charge on any atom is 0.233 e. The number of hydrogen-bond donors (Lipinski definition) is 3. The van der Waals surface area contributed by atoms with Crippen LogP contribution in [0, 0.1) is 5.41 Å². The van der Waals surface area contributed by atoms with Crippen molar-refractivity contribution in [2.45, 2.75) is 32.1 Å². The summed E-state index contributed by atoms with van der Waals surface area (Å²) in [6.07, 6.45) is 5.62. The summed E-state index contributed by atoms with van der Waals surface area (Å²) in [4.78, 5) is 16.4. The molecule has 0 saturated heterocycles. The van der Waals surface area contributed by atoms with Crippen molar-refractivity contribution < 1.29 is 4.79 Å². The Hall–Kier alpha value is -1.50. The molecule has 2 rings (SSSR count). The van der Waals surface area contributed by atoms with Gasteiger partial charge in [-0.1, -0.05) is 18.6 Å². The third-order valence-corrected chi connectivity index (χ3v) is 3.84. The predicted molar refractivity (Wildman–Crippen MR) is 70.8 cm³/mol. The Labute approximate surface area is 111 Å². The number of nitrogens with zero attached hydrogens (tertiary/aromatic N) is 2. The Morgan fingerprint density at radius 1 is 1.61 bits per heavy atom. The fraction of sp³-hybridized carbons (Fsp3) is 0.636. The lowest BCUT2D eigenvalue weighted by Crippen LogP contribution is -2.53. The number of carbonyl (C=O) groups excluding carboxylic acids is 1. The standard InChI is InChI=1S/C11H17N5OS/c12-9(18)11(4-2-5-11)10(17)13-6-1-3-8-14-7-15-16-8/h7H,1-6H2,(H2,12,18)(H,13,17)(H,14,15,16). The average molecular weight is 267 g/mol. The first-order chi connectivity index (χ1) is 8.65. The van der Waals surface area contributed by atoms with Gasteiger partial charge in [0.05, 0.1) is 10.4 Å². The number of H-pyrrole nitrogens is 1. The summed E-state index contributed by atoms with van der Waals surface area (Å²) in [7, 11) is 0. The summed E-state index contributed by atoms with van der Waals surface area (Å²) < 4.78 is 0. The summed E-state index contributed by atoms with van der Waals surface area (Å²) in [5.41, 5.74) is 5.08. The summed E-state index contributed by atoms with van der Waals surface area (Å²) >= 11 is 4.99. The Morgan fingerprint density at radius 3 is 2.89 bits per heavy atom.